The average molecular weight is 263 g/mol. The Morgan fingerprint density at radius 3 is 2.83 bits per heavy atom. The van der Waals surface area contributed by atoms with Gasteiger partial charge in [0, 0.05) is 6.07 Å². The summed E-state index contributed by atoms with van der Waals surface area (Å²) in [6, 6.07) is 9.25. The number of carbonyl (C=O) groups is 1. The number of ether oxygens (including phenoxy) is 1. The quantitative estimate of drug-likeness (QED) is 0.472. The lowest BCUT2D eigenvalue weighted by Crippen LogP contribution is -2.10. The van der Waals surface area contributed by atoms with E-state index >= 15 is 0 Å². The predicted molar refractivity (Wildman–Crippen MR) is 67.2 cm³/mol. The Kier molecular flexibility index (Phi) is 3.69. The van der Waals surface area contributed by atoms with Crippen molar-refractivity contribution in [3.8, 4) is 5.75 Å². The van der Waals surface area contributed by atoms with Crippen molar-refractivity contribution in [2.45, 2.75) is 0 Å². The molecular formula is C12H9NO4S. The number of ketones is 1. The van der Waals surface area contributed by atoms with Crippen molar-refractivity contribution in [3.05, 3.63) is 56.8 Å². The molecule has 92 valence electrons. The Bertz CT molecular complexity index is 565. The Hall–Kier alpha value is -2.21. The van der Waals surface area contributed by atoms with Crippen molar-refractivity contribution >= 4 is 22.8 Å². The van der Waals surface area contributed by atoms with Crippen LogP contribution in [0.1, 0.15) is 9.67 Å². The molecule has 0 aliphatic carbocycles. The van der Waals surface area contributed by atoms with Crippen molar-refractivity contribution in [1.29, 1.82) is 0 Å². The molecule has 0 aliphatic heterocycles. The number of Topliss-reactive ketones (excluding diaryl/α,β-unsaturated/α-hetero) is 1. The molecule has 6 heteroatoms. The molecule has 0 saturated carbocycles. The molecule has 5 nitrogen and oxygen atoms in total. The highest BCUT2D eigenvalue weighted by atomic mass is 32.1. The standard InChI is InChI=1S/C12H9NO4S/c14-11(12-5-2-6-18-12)8-17-10-4-1-3-9(7-10)13(15)16/h1-7H,8H2. The average Bonchev–Trinajstić information content (AvgIpc) is 2.90. The topological polar surface area (TPSA) is 69.4 Å². The van der Waals surface area contributed by atoms with Crippen molar-refractivity contribution in [2.24, 2.45) is 0 Å². The number of thiophene rings is 1. The number of non-ortho nitro benzene ring substituents is 1. The third kappa shape index (κ3) is 2.92. The van der Waals surface area contributed by atoms with Gasteiger partial charge < -0.3 is 4.74 Å². The van der Waals surface area contributed by atoms with Crippen molar-refractivity contribution < 1.29 is 14.5 Å². The van der Waals surface area contributed by atoms with Gasteiger partial charge in [-0.25, -0.2) is 0 Å². The molecule has 0 fully saturated rings. The zero-order valence-corrected chi connectivity index (χ0v) is 10.1. The van der Waals surface area contributed by atoms with Crippen LogP contribution in [0.5, 0.6) is 5.75 Å². The molecule has 18 heavy (non-hydrogen) atoms. The molecule has 0 radical (unpaired) electrons. The van der Waals surface area contributed by atoms with Crippen LogP contribution >= 0.6 is 11.3 Å². The van der Waals surface area contributed by atoms with Crippen LogP contribution in [-0.4, -0.2) is 17.3 Å². The first-order valence-electron chi connectivity index (χ1n) is 5.11. The smallest absolute Gasteiger partial charge is 0.273 e. The van der Waals surface area contributed by atoms with E-state index in [1.165, 1.54) is 29.5 Å². The number of rotatable bonds is 5. The Morgan fingerprint density at radius 2 is 2.17 bits per heavy atom. The zero-order valence-electron chi connectivity index (χ0n) is 9.24. The Morgan fingerprint density at radius 1 is 1.33 bits per heavy atom. The molecule has 1 aromatic heterocycles. The number of nitrogens with zero attached hydrogens (tertiary/aromatic N) is 1. The summed E-state index contributed by atoms with van der Waals surface area (Å²) in [6.45, 7) is -0.123. The van der Waals surface area contributed by atoms with E-state index in [2.05, 4.69) is 0 Å². The summed E-state index contributed by atoms with van der Waals surface area (Å²) in [7, 11) is 0. The summed E-state index contributed by atoms with van der Waals surface area (Å²) in [5.41, 5.74) is -0.0592. The monoisotopic (exact) mass is 263 g/mol. The van der Waals surface area contributed by atoms with Gasteiger partial charge in [-0.2, -0.15) is 0 Å². The molecule has 0 spiro atoms. The number of benzene rings is 1. The fourth-order valence-corrected chi connectivity index (χ4v) is 2.00. The van der Waals surface area contributed by atoms with Crippen LogP contribution in [0.15, 0.2) is 41.8 Å². The lowest BCUT2D eigenvalue weighted by Gasteiger charge is -2.03. The summed E-state index contributed by atoms with van der Waals surface area (Å²) in [6.07, 6.45) is 0. The van der Waals surface area contributed by atoms with Gasteiger partial charge in [0.15, 0.2) is 6.61 Å². The summed E-state index contributed by atoms with van der Waals surface area (Å²) in [5.74, 6) is 0.172. The highest BCUT2D eigenvalue weighted by Crippen LogP contribution is 2.19. The van der Waals surface area contributed by atoms with Gasteiger partial charge in [0.25, 0.3) is 5.69 Å². The highest BCUT2D eigenvalue weighted by Gasteiger charge is 2.10. The first kappa shape index (κ1) is 12.3. The van der Waals surface area contributed by atoms with Gasteiger partial charge in [-0.15, -0.1) is 11.3 Å². The maximum Gasteiger partial charge on any atom is 0.273 e. The summed E-state index contributed by atoms with van der Waals surface area (Å²) < 4.78 is 5.24. The number of carbonyl (C=O) groups excluding carboxylic acids is 1. The van der Waals surface area contributed by atoms with E-state index in [4.69, 9.17) is 4.74 Å². The van der Waals surface area contributed by atoms with E-state index in [-0.39, 0.29) is 18.1 Å². The molecule has 0 bridgehead atoms. The fraction of sp³-hybridized carbons (Fsp3) is 0.0833. The second kappa shape index (κ2) is 5.42. The summed E-state index contributed by atoms with van der Waals surface area (Å²) >= 11 is 1.34. The lowest BCUT2D eigenvalue weighted by molar-refractivity contribution is -0.384. The van der Waals surface area contributed by atoms with Crippen LogP contribution in [0.3, 0.4) is 0 Å². The van der Waals surface area contributed by atoms with E-state index < -0.39 is 4.92 Å². The molecule has 0 amide bonds. The first-order chi connectivity index (χ1) is 8.66. The zero-order chi connectivity index (χ0) is 13.0. The van der Waals surface area contributed by atoms with Gasteiger partial charge >= 0.3 is 0 Å². The Labute approximate surface area is 107 Å². The van der Waals surface area contributed by atoms with E-state index in [9.17, 15) is 14.9 Å². The number of nitro groups is 1. The van der Waals surface area contributed by atoms with Crippen molar-refractivity contribution in [2.75, 3.05) is 6.61 Å². The van der Waals surface area contributed by atoms with Crippen LogP contribution in [0.25, 0.3) is 0 Å². The molecular weight excluding hydrogens is 254 g/mol. The lowest BCUT2D eigenvalue weighted by atomic mass is 10.3. The minimum atomic E-state index is -0.506. The van der Waals surface area contributed by atoms with E-state index in [1.54, 1.807) is 23.6 Å². The van der Waals surface area contributed by atoms with Gasteiger partial charge in [-0.3, -0.25) is 14.9 Å². The van der Waals surface area contributed by atoms with Crippen LogP contribution < -0.4 is 4.74 Å². The number of nitro benzene ring substituents is 1. The van der Waals surface area contributed by atoms with Crippen LogP contribution in [0.4, 0.5) is 5.69 Å². The van der Waals surface area contributed by atoms with E-state index in [1.807, 2.05) is 0 Å². The maximum absolute atomic E-state index is 11.6. The summed E-state index contributed by atoms with van der Waals surface area (Å²) in [4.78, 5) is 22.3. The van der Waals surface area contributed by atoms with E-state index in [0.717, 1.165) is 0 Å². The molecule has 0 saturated heterocycles. The van der Waals surface area contributed by atoms with Gasteiger partial charge in [0.2, 0.25) is 5.78 Å². The molecule has 0 unspecified atom stereocenters. The number of hydrogen-bond donors (Lipinski definition) is 0. The predicted octanol–water partition coefficient (Wildman–Crippen LogP) is 2.92. The van der Waals surface area contributed by atoms with Gasteiger partial charge in [-0.05, 0) is 17.5 Å². The third-order valence-corrected chi connectivity index (χ3v) is 3.11. The Balaban J connectivity index is 2.00. The molecule has 1 aromatic carbocycles. The molecule has 2 rings (SSSR count). The molecule has 0 aliphatic rings. The molecule has 1 heterocycles. The van der Waals surface area contributed by atoms with Crippen LogP contribution in [-0.2, 0) is 0 Å². The molecule has 0 atom stereocenters. The third-order valence-electron chi connectivity index (χ3n) is 2.19. The molecule has 0 N–H and O–H groups in total. The minimum Gasteiger partial charge on any atom is -0.485 e. The van der Waals surface area contributed by atoms with Gasteiger partial charge in [0.1, 0.15) is 5.75 Å². The van der Waals surface area contributed by atoms with Crippen molar-refractivity contribution in [1.82, 2.24) is 0 Å². The van der Waals surface area contributed by atoms with Crippen LogP contribution in [0.2, 0.25) is 0 Å². The highest BCUT2D eigenvalue weighted by molar-refractivity contribution is 7.12. The van der Waals surface area contributed by atoms with Gasteiger partial charge in [-0.1, -0.05) is 12.1 Å². The molecule has 2 aromatic rings. The maximum atomic E-state index is 11.6. The van der Waals surface area contributed by atoms with Crippen LogP contribution in [0, 0.1) is 10.1 Å². The summed E-state index contributed by atoms with van der Waals surface area (Å²) in [5, 5.41) is 12.4. The van der Waals surface area contributed by atoms with Gasteiger partial charge in [0.05, 0.1) is 15.9 Å². The normalized spacial score (nSPS) is 10.0. The van der Waals surface area contributed by atoms with E-state index in [0.29, 0.717) is 10.6 Å². The SMILES string of the molecule is O=C(COc1cccc([N+](=O)[O-])c1)c1cccs1. The van der Waals surface area contributed by atoms with Crippen molar-refractivity contribution in [3.63, 3.8) is 0 Å². The minimum absolute atomic E-state index is 0.0592. The largest absolute Gasteiger partial charge is 0.485 e. The fourth-order valence-electron chi connectivity index (χ4n) is 1.34. The second-order valence-corrected chi connectivity index (χ2v) is 4.39. The second-order valence-electron chi connectivity index (χ2n) is 3.44. The number of hydrogen-bond acceptors (Lipinski definition) is 5. The first-order valence-corrected chi connectivity index (χ1v) is 5.99.